The molecule has 0 amide bonds. The lowest BCUT2D eigenvalue weighted by Gasteiger charge is -2.32. The SMILES string of the molecule is COc1cc(C=C(CN)B2OC(C)(C)C(C)(C)O2)ccc1C=O. The van der Waals surface area contributed by atoms with Crippen LogP contribution in [0, 0.1) is 0 Å². The molecule has 1 saturated heterocycles. The number of benzene rings is 1. The number of methoxy groups -OCH3 is 1. The molecule has 0 radical (unpaired) electrons. The predicted molar refractivity (Wildman–Crippen MR) is 91.5 cm³/mol. The molecule has 0 aromatic heterocycles. The number of carbonyl (C=O) groups is 1. The topological polar surface area (TPSA) is 70.8 Å². The summed E-state index contributed by atoms with van der Waals surface area (Å²) in [6.45, 7) is 8.33. The fourth-order valence-electron chi connectivity index (χ4n) is 2.35. The zero-order chi connectivity index (χ0) is 17.3. The van der Waals surface area contributed by atoms with Gasteiger partial charge in [-0.25, -0.2) is 0 Å². The van der Waals surface area contributed by atoms with E-state index in [1.54, 1.807) is 12.1 Å². The molecule has 0 bridgehead atoms. The molecule has 124 valence electrons. The Morgan fingerprint density at radius 3 is 2.35 bits per heavy atom. The molecule has 1 aliphatic heterocycles. The van der Waals surface area contributed by atoms with E-state index in [2.05, 4.69) is 0 Å². The third kappa shape index (κ3) is 3.49. The molecule has 6 heteroatoms. The average molecular weight is 317 g/mol. The molecule has 23 heavy (non-hydrogen) atoms. The predicted octanol–water partition coefficient (Wildman–Crippen LogP) is 2.48. The molecule has 1 fully saturated rings. The second-order valence-corrected chi connectivity index (χ2v) is 6.63. The van der Waals surface area contributed by atoms with Gasteiger partial charge in [0.2, 0.25) is 0 Å². The Balaban J connectivity index is 2.31. The van der Waals surface area contributed by atoms with Gasteiger partial charge in [-0.05, 0) is 50.9 Å². The average Bonchev–Trinajstić information content (AvgIpc) is 2.72. The summed E-state index contributed by atoms with van der Waals surface area (Å²) in [5.74, 6) is 0.527. The summed E-state index contributed by atoms with van der Waals surface area (Å²) < 4.78 is 17.3. The summed E-state index contributed by atoms with van der Waals surface area (Å²) in [5.41, 5.74) is 7.29. The Hall–Kier alpha value is -1.63. The Morgan fingerprint density at radius 2 is 1.87 bits per heavy atom. The molecule has 0 unspecified atom stereocenters. The minimum absolute atomic E-state index is 0.314. The van der Waals surface area contributed by atoms with Crippen molar-refractivity contribution in [2.24, 2.45) is 5.73 Å². The molecular formula is C17H24BNO4. The van der Waals surface area contributed by atoms with Crippen LogP contribution in [0.5, 0.6) is 5.75 Å². The van der Waals surface area contributed by atoms with Crippen molar-refractivity contribution in [3.05, 3.63) is 34.8 Å². The highest BCUT2D eigenvalue weighted by atomic mass is 16.7. The van der Waals surface area contributed by atoms with Gasteiger partial charge in [0.05, 0.1) is 23.9 Å². The summed E-state index contributed by atoms with van der Waals surface area (Å²) in [5, 5.41) is 0. The van der Waals surface area contributed by atoms with E-state index in [1.807, 2.05) is 39.8 Å². The fraction of sp³-hybridized carbons (Fsp3) is 0.471. The van der Waals surface area contributed by atoms with Crippen LogP contribution in [-0.2, 0) is 9.31 Å². The molecule has 0 aliphatic carbocycles. The van der Waals surface area contributed by atoms with Gasteiger partial charge in [0.25, 0.3) is 0 Å². The zero-order valence-electron chi connectivity index (χ0n) is 14.4. The smallest absolute Gasteiger partial charge is 0.491 e. The van der Waals surface area contributed by atoms with Gasteiger partial charge in [-0.3, -0.25) is 4.79 Å². The molecule has 2 N–H and O–H groups in total. The van der Waals surface area contributed by atoms with E-state index in [1.165, 1.54) is 7.11 Å². The highest BCUT2D eigenvalue weighted by Gasteiger charge is 2.52. The van der Waals surface area contributed by atoms with Crippen molar-refractivity contribution in [2.75, 3.05) is 13.7 Å². The summed E-state index contributed by atoms with van der Waals surface area (Å²) >= 11 is 0. The number of carbonyl (C=O) groups excluding carboxylic acids is 1. The van der Waals surface area contributed by atoms with Gasteiger partial charge in [0.15, 0.2) is 6.29 Å². The Bertz CT molecular complexity index is 609. The third-order valence-corrected chi connectivity index (χ3v) is 4.53. The first-order valence-corrected chi connectivity index (χ1v) is 7.63. The van der Waals surface area contributed by atoms with Crippen molar-refractivity contribution in [1.29, 1.82) is 0 Å². The molecule has 0 spiro atoms. The van der Waals surface area contributed by atoms with Crippen LogP contribution >= 0.6 is 0 Å². The molecule has 2 rings (SSSR count). The van der Waals surface area contributed by atoms with Gasteiger partial charge in [-0.2, -0.15) is 0 Å². The maximum absolute atomic E-state index is 11.0. The van der Waals surface area contributed by atoms with Crippen LogP contribution in [0.15, 0.2) is 23.7 Å². The van der Waals surface area contributed by atoms with Crippen LogP contribution < -0.4 is 10.5 Å². The Kier molecular flexibility index (Phi) is 4.99. The van der Waals surface area contributed by atoms with Crippen molar-refractivity contribution in [1.82, 2.24) is 0 Å². The van der Waals surface area contributed by atoms with E-state index in [0.29, 0.717) is 17.9 Å². The Morgan fingerprint density at radius 1 is 1.26 bits per heavy atom. The van der Waals surface area contributed by atoms with Gasteiger partial charge in [-0.1, -0.05) is 12.1 Å². The molecule has 1 aromatic carbocycles. The van der Waals surface area contributed by atoms with Crippen molar-refractivity contribution < 1.29 is 18.8 Å². The number of nitrogens with two attached hydrogens (primary N) is 1. The second-order valence-electron chi connectivity index (χ2n) is 6.63. The van der Waals surface area contributed by atoms with Crippen molar-refractivity contribution >= 4 is 19.5 Å². The Labute approximate surface area is 137 Å². The lowest BCUT2D eigenvalue weighted by molar-refractivity contribution is 0.00578. The van der Waals surface area contributed by atoms with Gasteiger partial charge < -0.3 is 19.8 Å². The summed E-state index contributed by atoms with van der Waals surface area (Å²) in [4.78, 5) is 11.0. The van der Waals surface area contributed by atoms with Gasteiger partial charge in [-0.15, -0.1) is 0 Å². The minimum atomic E-state index is -0.484. The third-order valence-electron chi connectivity index (χ3n) is 4.53. The maximum Gasteiger partial charge on any atom is 0.491 e. The first-order valence-electron chi connectivity index (χ1n) is 7.63. The molecule has 0 atom stereocenters. The van der Waals surface area contributed by atoms with Crippen molar-refractivity contribution in [2.45, 2.75) is 38.9 Å². The normalized spacial score (nSPS) is 19.7. The first kappa shape index (κ1) is 17.7. The largest absolute Gasteiger partial charge is 0.496 e. The van der Waals surface area contributed by atoms with Crippen LogP contribution in [0.25, 0.3) is 6.08 Å². The number of ether oxygens (including phenoxy) is 1. The van der Waals surface area contributed by atoms with Crippen LogP contribution in [0.4, 0.5) is 0 Å². The van der Waals surface area contributed by atoms with Gasteiger partial charge >= 0.3 is 7.12 Å². The summed E-state index contributed by atoms with van der Waals surface area (Å²) in [6.07, 6.45) is 2.68. The summed E-state index contributed by atoms with van der Waals surface area (Å²) in [6, 6.07) is 5.35. The van der Waals surface area contributed by atoms with Crippen molar-refractivity contribution in [3.8, 4) is 5.75 Å². The molecule has 1 aromatic rings. The number of rotatable bonds is 5. The highest BCUT2D eigenvalue weighted by Crippen LogP contribution is 2.38. The maximum atomic E-state index is 11.0. The van der Waals surface area contributed by atoms with Crippen LogP contribution in [0.1, 0.15) is 43.6 Å². The van der Waals surface area contributed by atoms with E-state index in [9.17, 15) is 4.79 Å². The number of hydrogen-bond donors (Lipinski definition) is 1. The molecule has 0 saturated carbocycles. The van der Waals surface area contributed by atoms with E-state index < -0.39 is 18.3 Å². The second kappa shape index (κ2) is 6.47. The zero-order valence-corrected chi connectivity index (χ0v) is 14.4. The first-order chi connectivity index (χ1) is 10.7. The number of hydrogen-bond acceptors (Lipinski definition) is 5. The molecule has 5 nitrogen and oxygen atoms in total. The number of aldehydes is 1. The lowest BCUT2D eigenvalue weighted by atomic mass is 9.77. The van der Waals surface area contributed by atoms with E-state index >= 15 is 0 Å². The molecule has 1 heterocycles. The highest BCUT2D eigenvalue weighted by molar-refractivity contribution is 6.55. The summed E-state index contributed by atoms with van der Waals surface area (Å²) in [7, 11) is 1.05. The molecular weight excluding hydrogens is 293 g/mol. The van der Waals surface area contributed by atoms with Gasteiger partial charge in [0, 0.05) is 6.54 Å². The quantitative estimate of drug-likeness (QED) is 0.667. The van der Waals surface area contributed by atoms with Crippen LogP contribution in [-0.4, -0.2) is 38.3 Å². The monoisotopic (exact) mass is 317 g/mol. The van der Waals surface area contributed by atoms with Gasteiger partial charge in [0.1, 0.15) is 5.75 Å². The van der Waals surface area contributed by atoms with E-state index in [4.69, 9.17) is 19.8 Å². The van der Waals surface area contributed by atoms with Crippen LogP contribution in [0.2, 0.25) is 0 Å². The standard InChI is InChI=1S/C17H24BNO4/c1-16(2)17(3,4)23-18(22-16)14(10-19)8-12-6-7-13(11-20)15(9-12)21-5/h6-9,11H,10,19H2,1-5H3. The minimum Gasteiger partial charge on any atom is -0.496 e. The fourth-order valence-corrected chi connectivity index (χ4v) is 2.35. The molecule has 1 aliphatic rings. The lowest BCUT2D eigenvalue weighted by Crippen LogP contribution is -2.41. The van der Waals surface area contributed by atoms with Crippen molar-refractivity contribution in [3.63, 3.8) is 0 Å². The van der Waals surface area contributed by atoms with E-state index in [-0.39, 0.29) is 0 Å². The van der Waals surface area contributed by atoms with E-state index in [0.717, 1.165) is 17.3 Å². The van der Waals surface area contributed by atoms with Crippen LogP contribution in [0.3, 0.4) is 0 Å².